The van der Waals surface area contributed by atoms with Crippen molar-refractivity contribution in [2.24, 2.45) is 5.92 Å². The Labute approximate surface area is 97.6 Å². The second-order valence-corrected chi connectivity index (χ2v) is 5.57. The molecule has 0 spiro atoms. The van der Waals surface area contributed by atoms with E-state index >= 15 is 0 Å². The maximum Gasteiger partial charge on any atom is 0.410 e. The van der Waals surface area contributed by atoms with Gasteiger partial charge >= 0.3 is 6.09 Å². The molecule has 0 aromatic rings. The quantitative estimate of drug-likeness (QED) is 0.748. The van der Waals surface area contributed by atoms with Gasteiger partial charge in [-0.25, -0.2) is 4.79 Å². The van der Waals surface area contributed by atoms with Gasteiger partial charge in [0.25, 0.3) is 0 Å². The van der Waals surface area contributed by atoms with E-state index in [-0.39, 0.29) is 18.1 Å². The lowest BCUT2D eigenvalue weighted by Gasteiger charge is -2.35. The van der Waals surface area contributed by atoms with Gasteiger partial charge < -0.3 is 14.7 Å². The predicted octanol–water partition coefficient (Wildman–Crippen LogP) is 2.01. The van der Waals surface area contributed by atoms with Gasteiger partial charge in [0.2, 0.25) is 0 Å². The monoisotopic (exact) mass is 229 g/mol. The standard InChI is InChI=1S/C12H23NO3/c1-9(14)10-6-5-7-13(8-10)11(15)16-12(2,3)4/h9-10,14H,5-8H2,1-4H3/t9-,10+/m0/s1. The van der Waals surface area contributed by atoms with E-state index in [9.17, 15) is 9.90 Å². The van der Waals surface area contributed by atoms with E-state index in [2.05, 4.69) is 0 Å². The van der Waals surface area contributed by atoms with Crippen molar-refractivity contribution in [3.05, 3.63) is 0 Å². The third kappa shape index (κ3) is 4.00. The van der Waals surface area contributed by atoms with Gasteiger partial charge in [-0.1, -0.05) is 0 Å². The van der Waals surface area contributed by atoms with Gasteiger partial charge in [-0.05, 0) is 40.5 Å². The number of likely N-dealkylation sites (tertiary alicyclic amines) is 1. The largest absolute Gasteiger partial charge is 0.444 e. The number of carbonyl (C=O) groups is 1. The van der Waals surface area contributed by atoms with Crippen LogP contribution in [0.2, 0.25) is 0 Å². The van der Waals surface area contributed by atoms with E-state index in [4.69, 9.17) is 4.74 Å². The number of ether oxygens (including phenoxy) is 1. The Morgan fingerprint density at radius 1 is 1.50 bits per heavy atom. The number of hydrogen-bond acceptors (Lipinski definition) is 3. The van der Waals surface area contributed by atoms with Crippen molar-refractivity contribution in [3.63, 3.8) is 0 Å². The Hall–Kier alpha value is -0.770. The maximum absolute atomic E-state index is 11.8. The molecule has 4 nitrogen and oxygen atoms in total. The molecule has 1 aliphatic heterocycles. The zero-order valence-corrected chi connectivity index (χ0v) is 10.7. The first-order valence-electron chi connectivity index (χ1n) is 5.95. The summed E-state index contributed by atoms with van der Waals surface area (Å²) in [5.41, 5.74) is -0.450. The molecule has 1 rings (SSSR count). The third-order valence-electron chi connectivity index (χ3n) is 2.79. The summed E-state index contributed by atoms with van der Waals surface area (Å²) in [6.07, 6.45) is 1.30. The van der Waals surface area contributed by atoms with Gasteiger partial charge in [0, 0.05) is 19.0 Å². The summed E-state index contributed by atoms with van der Waals surface area (Å²) < 4.78 is 5.31. The molecular formula is C12H23NO3. The van der Waals surface area contributed by atoms with E-state index in [1.807, 2.05) is 20.8 Å². The van der Waals surface area contributed by atoms with Crippen LogP contribution in [0.4, 0.5) is 4.79 Å². The molecule has 2 atom stereocenters. The molecule has 1 heterocycles. The summed E-state index contributed by atoms with van der Waals surface area (Å²) in [5, 5.41) is 9.53. The fourth-order valence-corrected chi connectivity index (χ4v) is 1.90. The molecule has 1 saturated heterocycles. The number of carbonyl (C=O) groups excluding carboxylic acids is 1. The lowest BCUT2D eigenvalue weighted by molar-refractivity contribution is 0.00543. The van der Waals surface area contributed by atoms with Crippen molar-refractivity contribution < 1.29 is 14.6 Å². The SMILES string of the molecule is C[C@H](O)[C@@H]1CCCN(C(=O)OC(C)(C)C)C1. The van der Waals surface area contributed by atoms with Crippen molar-refractivity contribution in [1.82, 2.24) is 4.90 Å². The molecule has 0 radical (unpaired) electrons. The molecule has 0 unspecified atom stereocenters. The number of hydrogen-bond donors (Lipinski definition) is 1. The minimum Gasteiger partial charge on any atom is -0.444 e. The Bertz CT molecular complexity index is 245. The highest BCUT2D eigenvalue weighted by molar-refractivity contribution is 5.68. The number of rotatable bonds is 1. The van der Waals surface area contributed by atoms with Crippen LogP contribution in [0.5, 0.6) is 0 Å². The zero-order chi connectivity index (χ0) is 12.3. The maximum atomic E-state index is 11.8. The second kappa shape index (κ2) is 5.04. The van der Waals surface area contributed by atoms with E-state index < -0.39 is 5.60 Å². The van der Waals surface area contributed by atoms with Gasteiger partial charge in [-0.2, -0.15) is 0 Å². The fourth-order valence-electron chi connectivity index (χ4n) is 1.90. The van der Waals surface area contributed by atoms with Crippen LogP contribution in [0.15, 0.2) is 0 Å². The van der Waals surface area contributed by atoms with Crippen molar-refractivity contribution in [3.8, 4) is 0 Å². The second-order valence-electron chi connectivity index (χ2n) is 5.57. The van der Waals surface area contributed by atoms with Crippen LogP contribution in [-0.2, 0) is 4.74 Å². The lowest BCUT2D eigenvalue weighted by atomic mass is 9.94. The van der Waals surface area contributed by atoms with E-state index in [0.29, 0.717) is 6.54 Å². The number of aliphatic hydroxyl groups excluding tert-OH is 1. The molecule has 0 bridgehead atoms. The smallest absolute Gasteiger partial charge is 0.410 e. The molecule has 16 heavy (non-hydrogen) atoms. The first kappa shape index (κ1) is 13.3. The minimum absolute atomic E-state index is 0.182. The topological polar surface area (TPSA) is 49.8 Å². The summed E-state index contributed by atoms with van der Waals surface area (Å²) in [6, 6.07) is 0. The Balaban J connectivity index is 2.50. The molecule has 1 amide bonds. The Morgan fingerprint density at radius 2 is 2.12 bits per heavy atom. The summed E-state index contributed by atoms with van der Waals surface area (Å²) in [5.74, 6) is 0.182. The van der Waals surface area contributed by atoms with Crippen molar-refractivity contribution in [2.75, 3.05) is 13.1 Å². The molecular weight excluding hydrogens is 206 g/mol. The predicted molar refractivity (Wildman–Crippen MR) is 62.2 cm³/mol. The number of piperidine rings is 1. The van der Waals surface area contributed by atoms with Crippen LogP contribution in [0.1, 0.15) is 40.5 Å². The molecule has 4 heteroatoms. The number of nitrogens with zero attached hydrogens (tertiary/aromatic N) is 1. The Kier molecular flexibility index (Phi) is 4.19. The summed E-state index contributed by atoms with van der Waals surface area (Å²) in [7, 11) is 0. The summed E-state index contributed by atoms with van der Waals surface area (Å²) in [6.45, 7) is 8.71. The zero-order valence-electron chi connectivity index (χ0n) is 10.7. The first-order valence-corrected chi connectivity index (χ1v) is 5.95. The molecule has 0 aliphatic carbocycles. The normalized spacial score (nSPS) is 24.1. The number of aliphatic hydroxyl groups is 1. The van der Waals surface area contributed by atoms with Crippen molar-refractivity contribution >= 4 is 6.09 Å². The van der Waals surface area contributed by atoms with E-state index in [1.165, 1.54) is 0 Å². The van der Waals surface area contributed by atoms with Gasteiger partial charge in [0.1, 0.15) is 5.60 Å². The van der Waals surface area contributed by atoms with Gasteiger partial charge in [0.15, 0.2) is 0 Å². The van der Waals surface area contributed by atoms with Crippen molar-refractivity contribution in [1.29, 1.82) is 0 Å². The van der Waals surface area contributed by atoms with Gasteiger partial charge in [-0.15, -0.1) is 0 Å². The highest BCUT2D eigenvalue weighted by Gasteiger charge is 2.29. The average Bonchev–Trinajstić information content (AvgIpc) is 2.15. The van der Waals surface area contributed by atoms with Crippen LogP contribution in [0.25, 0.3) is 0 Å². The first-order chi connectivity index (χ1) is 7.29. The van der Waals surface area contributed by atoms with Crippen LogP contribution in [0.3, 0.4) is 0 Å². The molecule has 0 aromatic heterocycles. The van der Waals surface area contributed by atoms with Gasteiger partial charge in [-0.3, -0.25) is 0 Å². The Morgan fingerprint density at radius 3 is 2.62 bits per heavy atom. The molecule has 94 valence electrons. The average molecular weight is 229 g/mol. The molecule has 1 aliphatic rings. The molecule has 1 N–H and O–H groups in total. The highest BCUT2D eigenvalue weighted by atomic mass is 16.6. The van der Waals surface area contributed by atoms with E-state index in [0.717, 1.165) is 19.4 Å². The molecule has 0 saturated carbocycles. The van der Waals surface area contributed by atoms with Crippen LogP contribution >= 0.6 is 0 Å². The fraction of sp³-hybridized carbons (Fsp3) is 0.917. The minimum atomic E-state index is -0.450. The number of amides is 1. The van der Waals surface area contributed by atoms with Crippen molar-refractivity contribution in [2.45, 2.75) is 52.2 Å². The third-order valence-corrected chi connectivity index (χ3v) is 2.79. The van der Waals surface area contributed by atoms with Crippen LogP contribution in [0, 0.1) is 5.92 Å². The summed E-state index contributed by atoms with van der Waals surface area (Å²) in [4.78, 5) is 13.5. The molecule has 0 aromatic carbocycles. The summed E-state index contributed by atoms with van der Waals surface area (Å²) >= 11 is 0. The van der Waals surface area contributed by atoms with Gasteiger partial charge in [0.05, 0.1) is 6.10 Å². The van der Waals surface area contributed by atoms with E-state index in [1.54, 1.807) is 11.8 Å². The van der Waals surface area contributed by atoms with Crippen LogP contribution in [-0.4, -0.2) is 40.9 Å². The lowest BCUT2D eigenvalue weighted by Crippen LogP contribution is -2.45. The molecule has 1 fully saturated rings. The van der Waals surface area contributed by atoms with Crippen LogP contribution < -0.4 is 0 Å². The highest BCUT2D eigenvalue weighted by Crippen LogP contribution is 2.21.